The van der Waals surface area contributed by atoms with Crippen LogP contribution < -0.4 is 4.74 Å². The van der Waals surface area contributed by atoms with Gasteiger partial charge in [-0.1, -0.05) is 12.8 Å². The monoisotopic (exact) mass is 351 g/mol. The Morgan fingerprint density at radius 2 is 2.15 bits per heavy atom. The van der Waals surface area contributed by atoms with Crippen molar-refractivity contribution in [1.29, 1.82) is 0 Å². The molecular formula is C21H25N3O2. The molecule has 136 valence electrons. The number of likely N-dealkylation sites (tertiary alicyclic amines) is 1. The number of aromatic nitrogens is 2. The summed E-state index contributed by atoms with van der Waals surface area (Å²) in [6.45, 7) is 1.92. The van der Waals surface area contributed by atoms with Gasteiger partial charge in [0.1, 0.15) is 11.5 Å². The van der Waals surface area contributed by atoms with Gasteiger partial charge in [-0.3, -0.25) is 4.90 Å². The molecule has 1 aromatic carbocycles. The van der Waals surface area contributed by atoms with Crippen molar-refractivity contribution < 1.29 is 9.15 Å². The first-order valence-electron chi connectivity index (χ1n) is 9.29. The van der Waals surface area contributed by atoms with E-state index in [1.807, 2.05) is 35.3 Å². The zero-order valence-corrected chi connectivity index (χ0v) is 15.2. The van der Waals surface area contributed by atoms with E-state index < -0.39 is 0 Å². The van der Waals surface area contributed by atoms with Crippen LogP contribution in [0.2, 0.25) is 0 Å². The molecule has 1 atom stereocenters. The van der Waals surface area contributed by atoms with Crippen molar-refractivity contribution in [3.63, 3.8) is 0 Å². The van der Waals surface area contributed by atoms with Crippen LogP contribution in [-0.4, -0.2) is 28.3 Å². The molecule has 0 amide bonds. The number of methoxy groups -OCH3 is 1. The van der Waals surface area contributed by atoms with Crippen LogP contribution >= 0.6 is 0 Å². The Morgan fingerprint density at radius 3 is 2.92 bits per heavy atom. The average molecular weight is 351 g/mol. The standard InChI is InChI=1S/C21H25N3O2/c1-25-18-9-10-19(24-13-6-11-22-24)17(15-18)16-23-12-4-2-3-7-20(23)21-8-5-14-26-21/h5-6,8-11,13-15,20H,2-4,7,12,16H2,1H3. The summed E-state index contributed by atoms with van der Waals surface area (Å²) in [5.41, 5.74) is 2.31. The van der Waals surface area contributed by atoms with Crippen LogP contribution in [0.15, 0.2) is 59.5 Å². The van der Waals surface area contributed by atoms with E-state index >= 15 is 0 Å². The van der Waals surface area contributed by atoms with Gasteiger partial charge in [-0.15, -0.1) is 0 Å². The Hall–Kier alpha value is -2.53. The van der Waals surface area contributed by atoms with Crippen LogP contribution in [0.1, 0.15) is 43.0 Å². The van der Waals surface area contributed by atoms with E-state index in [0.717, 1.165) is 36.7 Å². The summed E-state index contributed by atoms with van der Waals surface area (Å²) in [7, 11) is 1.71. The predicted molar refractivity (Wildman–Crippen MR) is 100 cm³/mol. The molecule has 0 bridgehead atoms. The molecule has 1 aliphatic rings. The third kappa shape index (κ3) is 3.53. The molecule has 0 aliphatic carbocycles. The number of hydrogen-bond acceptors (Lipinski definition) is 4. The van der Waals surface area contributed by atoms with Crippen molar-refractivity contribution in [2.24, 2.45) is 0 Å². The van der Waals surface area contributed by atoms with Gasteiger partial charge < -0.3 is 9.15 Å². The summed E-state index contributed by atoms with van der Waals surface area (Å²) >= 11 is 0. The lowest BCUT2D eigenvalue weighted by Crippen LogP contribution is -2.28. The molecule has 1 unspecified atom stereocenters. The predicted octanol–water partition coefficient (Wildman–Crippen LogP) is 4.59. The molecule has 4 rings (SSSR count). The maximum Gasteiger partial charge on any atom is 0.120 e. The number of nitrogens with zero attached hydrogens (tertiary/aromatic N) is 3. The summed E-state index contributed by atoms with van der Waals surface area (Å²) in [5, 5.41) is 4.42. The summed E-state index contributed by atoms with van der Waals surface area (Å²) in [6.07, 6.45) is 10.4. The summed E-state index contributed by atoms with van der Waals surface area (Å²) in [6, 6.07) is 12.6. The molecule has 5 heteroatoms. The highest BCUT2D eigenvalue weighted by Crippen LogP contribution is 2.33. The molecule has 0 spiro atoms. The maximum atomic E-state index is 5.76. The number of rotatable bonds is 5. The van der Waals surface area contributed by atoms with Gasteiger partial charge in [0.05, 0.1) is 25.1 Å². The van der Waals surface area contributed by atoms with Crippen molar-refractivity contribution in [3.8, 4) is 11.4 Å². The number of ether oxygens (including phenoxy) is 1. The molecule has 3 aromatic rings. The van der Waals surface area contributed by atoms with Gasteiger partial charge in [0.2, 0.25) is 0 Å². The van der Waals surface area contributed by atoms with Gasteiger partial charge in [-0.05, 0) is 61.3 Å². The number of hydrogen-bond donors (Lipinski definition) is 0. The normalized spacial score (nSPS) is 18.6. The van der Waals surface area contributed by atoms with E-state index in [1.165, 1.54) is 24.8 Å². The van der Waals surface area contributed by atoms with Crippen LogP contribution in [0, 0.1) is 0 Å². The zero-order chi connectivity index (χ0) is 17.8. The Morgan fingerprint density at radius 1 is 1.19 bits per heavy atom. The molecular weight excluding hydrogens is 326 g/mol. The molecule has 3 heterocycles. The quantitative estimate of drug-likeness (QED) is 0.674. The van der Waals surface area contributed by atoms with Gasteiger partial charge in [-0.25, -0.2) is 4.68 Å². The summed E-state index contributed by atoms with van der Waals surface area (Å²) in [5.74, 6) is 1.94. The Balaban J connectivity index is 1.67. The summed E-state index contributed by atoms with van der Waals surface area (Å²) in [4.78, 5) is 2.54. The molecule has 0 N–H and O–H groups in total. The number of furan rings is 1. The van der Waals surface area contributed by atoms with Crippen molar-refractivity contribution in [2.45, 2.75) is 38.3 Å². The molecule has 0 radical (unpaired) electrons. The second-order valence-electron chi connectivity index (χ2n) is 6.80. The second kappa shape index (κ2) is 7.79. The SMILES string of the molecule is COc1ccc(-n2cccn2)c(CN2CCCCCC2c2ccco2)c1. The largest absolute Gasteiger partial charge is 0.497 e. The molecule has 1 aliphatic heterocycles. The van der Waals surface area contributed by atoms with Crippen molar-refractivity contribution in [3.05, 3.63) is 66.4 Å². The maximum absolute atomic E-state index is 5.76. The van der Waals surface area contributed by atoms with Crippen LogP contribution in [-0.2, 0) is 6.54 Å². The second-order valence-corrected chi connectivity index (χ2v) is 6.80. The smallest absolute Gasteiger partial charge is 0.120 e. The van der Waals surface area contributed by atoms with Crippen molar-refractivity contribution in [1.82, 2.24) is 14.7 Å². The van der Waals surface area contributed by atoms with Gasteiger partial charge in [0.25, 0.3) is 0 Å². The third-order valence-electron chi connectivity index (χ3n) is 5.15. The molecule has 5 nitrogen and oxygen atoms in total. The third-order valence-corrected chi connectivity index (χ3v) is 5.15. The van der Waals surface area contributed by atoms with E-state index in [1.54, 1.807) is 13.4 Å². The minimum Gasteiger partial charge on any atom is -0.497 e. The van der Waals surface area contributed by atoms with Crippen molar-refractivity contribution in [2.75, 3.05) is 13.7 Å². The van der Waals surface area contributed by atoms with Gasteiger partial charge in [-0.2, -0.15) is 5.10 Å². The van der Waals surface area contributed by atoms with Gasteiger partial charge >= 0.3 is 0 Å². The first-order valence-corrected chi connectivity index (χ1v) is 9.29. The molecule has 0 saturated carbocycles. The fourth-order valence-electron chi connectivity index (χ4n) is 3.83. The van der Waals surface area contributed by atoms with Crippen LogP contribution in [0.5, 0.6) is 5.75 Å². The minimum atomic E-state index is 0.323. The van der Waals surface area contributed by atoms with E-state index in [-0.39, 0.29) is 0 Å². The molecule has 1 fully saturated rings. The molecule has 26 heavy (non-hydrogen) atoms. The van der Waals surface area contributed by atoms with Crippen LogP contribution in [0.3, 0.4) is 0 Å². The van der Waals surface area contributed by atoms with E-state index in [0.29, 0.717) is 6.04 Å². The van der Waals surface area contributed by atoms with E-state index in [2.05, 4.69) is 28.2 Å². The van der Waals surface area contributed by atoms with Crippen LogP contribution in [0.4, 0.5) is 0 Å². The lowest BCUT2D eigenvalue weighted by atomic mass is 10.1. The average Bonchev–Trinajstić information content (AvgIpc) is 3.34. The van der Waals surface area contributed by atoms with Gasteiger partial charge in [0, 0.05) is 18.9 Å². The topological polar surface area (TPSA) is 43.4 Å². The van der Waals surface area contributed by atoms with E-state index in [9.17, 15) is 0 Å². The molecule has 2 aromatic heterocycles. The lowest BCUT2D eigenvalue weighted by Gasteiger charge is -2.29. The summed E-state index contributed by atoms with van der Waals surface area (Å²) < 4.78 is 13.2. The van der Waals surface area contributed by atoms with E-state index in [4.69, 9.17) is 9.15 Å². The first-order chi connectivity index (χ1) is 12.8. The van der Waals surface area contributed by atoms with Crippen LogP contribution in [0.25, 0.3) is 5.69 Å². The fourth-order valence-corrected chi connectivity index (χ4v) is 3.83. The first kappa shape index (κ1) is 16.9. The highest BCUT2D eigenvalue weighted by Gasteiger charge is 2.25. The Labute approximate surface area is 154 Å². The number of benzene rings is 1. The molecule has 1 saturated heterocycles. The lowest BCUT2D eigenvalue weighted by molar-refractivity contribution is 0.169. The fraction of sp³-hybridized carbons (Fsp3) is 0.381. The highest BCUT2D eigenvalue weighted by molar-refractivity contribution is 5.45. The Bertz CT molecular complexity index is 812. The van der Waals surface area contributed by atoms with Gasteiger partial charge in [0.15, 0.2) is 0 Å². The van der Waals surface area contributed by atoms with Crippen molar-refractivity contribution >= 4 is 0 Å². The highest BCUT2D eigenvalue weighted by atomic mass is 16.5. The zero-order valence-electron chi connectivity index (χ0n) is 15.2. The minimum absolute atomic E-state index is 0.323. The Kier molecular flexibility index (Phi) is 5.07.